The van der Waals surface area contributed by atoms with Crippen LogP contribution in [0.25, 0.3) is 0 Å². The van der Waals surface area contributed by atoms with E-state index in [9.17, 15) is 13.6 Å². The quantitative estimate of drug-likeness (QED) is 0.846. The molecule has 0 unspecified atom stereocenters. The second kappa shape index (κ2) is 5.28. The number of hydrogen-bond donors (Lipinski definition) is 2. The van der Waals surface area contributed by atoms with Crippen molar-refractivity contribution in [3.8, 4) is 0 Å². The van der Waals surface area contributed by atoms with Gasteiger partial charge in [0, 0.05) is 13.2 Å². The molecule has 0 aliphatic rings. The van der Waals surface area contributed by atoms with Gasteiger partial charge in [-0.15, -0.1) is 0 Å². The number of halogens is 2. The van der Waals surface area contributed by atoms with Gasteiger partial charge in [-0.25, -0.2) is 8.78 Å². The monoisotopic (exact) mass is 280 g/mol. The fraction of sp³-hybridized carbons (Fsp3) is 0.231. The van der Waals surface area contributed by atoms with Gasteiger partial charge in [0.05, 0.1) is 16.9 Å². The molecule has 5 nitrogen and oxygen atoms in total. The zero-order valence-electron chi connectivity index (χ0n) is 11.1. The number of amides is 1. The lowest BCUT2D eigenvalue weighted by atomic mass is 10.2. The topological polar surface area (TPSA) is 72.9 Å². The van der Waals surface area contributed by atoms with Gasteiger partial charge in [-0.2, -0.15) is 5.10 Å². The number of benzene rings is 1. The van der Waals surface area contributed by atoms with Gasteiger partial charge < -0.3 is 11.1 Å². The van der Waals surface area contributed by atoms with E-state index in [1.807, 2.05) is 6.92 Å². The van der Waals surface area contributed by atoms with Gasteiger partial charge in [0.25, 0.3) is 5.91 Å². The smallest absolute Gasteiger partial charge is 0.259 e. The molecule has 0 atom stereocenters. The maximum atomic E-state index is 13.6. The van der Waals surface area contributed by atoms with Crippen molar-refractivity contribution in [1.29, 1.82) is 0 Å². The molecule has 2 aromatic rings. The Hall–Kier alpha value is -2.44. The molecular weight excluding hydrogens is 266 g/mol. The average molecular weight is 280 g/mol. The lowest BCUT2D eigenvalue weighted by molar-refractivity contribution is 0.102. The van der Waals surface area contributed by atoms with Crippen LogP contribution in [0, 0.1) is 11.6 Å². The van der Waals surface area contributed by atoms with Crippen molar-refractivity contribution in [3.05, 3.63) is 41.2 Å². The fourth-order valence-corrected chi connectivity index (χ4v) is 1.86. The van der Waals surface area contributed by atoms with Crippen LogP contribution >= 0.6 is 0 Å². The summed E-state index contributed by atoms with van der Waals surface area (Å²) in [6.45, 7) is 1.84. The Kier molecular flexibility index (Phi) is 3.69. The molecule has 3 N–H and O–H groups in total. The van der Waals surface area contributed by atoms with Crippen LogP contribution in [0.3, 0.4) is 0 Å². The molecule has 1 heterocycles. The third-order valence-electron chi connectivity index (χ3n) is 2.85. The number of aryl methyl sites for hydroxylation is 2. The molecule has 20 heavy (non-hydrogen) atoms. The molecular formula is C13H14F2N4O. The standard InChI is InChI=1S/C13H14F2N4O/c1-3-10-7(6-19(2)18-10)13(20)17-12-9(16)5-4-8(14)11(12)15/h4-6H,3,16H2,1-2H3,(H,17,20). The number of anilines is 2. The van der Waals surface area contributed by atoms with Gasteiger partial charge in [-0.3, -0.25) is 9.48 Å². The lowest BCUT2D eigenvalue weighted by Gasteiger charge is -2.09. The maximum absolute atomic E-state index is 13.6. The van der Waals surface area contributed by atoms with Crippen molar-refractivity contribution in [2.24, 2.45) is 7.05 Å². The average Bonchev–Trinajstić information content (AvgIpc) is 2.80. The van der Waals surface area contributed by atoms with Crippen LogP contribution in [0.1, 0.15) is 23.0 Å². The first-order valence-electron chi connectivity index (χ1n) is 6.01. The number of nitrogens with zero attached hydrogens (tertiary/aromatic N) is 2. The zero-order valence-corrected chi connectivity index (χ0v) is 11.1. The number of rotatable bonds is 3. The number of nitrogens with one attached hydrogen (secondary N) is 1. The predicted octanol–water partition coefficient (Wildman–Crippen LogP) is 2.10. The van der Waals surface area contributed by atoms with Crippen molar-refractivity contribution in [2.75, 3.05) is 11.1 Å². The third-order valence-corrected chi connectivity index (χ3v) is 2.85. The molecule has 1 aromatic heterocycles. The van der Waals surface area contributed by atoms with Gasteiger partial charge >= 0.3 is 0 Å². The van der Waals surface area contributed by atoms with Crippen molar-refractivity contribution in [2.45, 2.75) is 13.3 Å². The summed E-state index contributed by atoms with van der Waals surface area (Å²) >= 11 is 0. The molecule has 0 radical (unpaired) electrons. The predicted molar refractivity (Wildman–Crippen MR) is 71.3 cm³/mol. The Balaban J connectivity index is 2.35. The van der Waals surface area contributed by atoms with Crippen molar-refractivity contribution in [3.63, 3.8) is 0 Å². The summed E-state index contributed by atoms with van der Waals surface area (Å²) in [7, 11) is 1.67. The van der Waals surface area contributed by atoms with Crippen LogP contribution in [0.2, 0.25) is 0 Å². The Morgan fingerprint density at radius 1 is 1.45 bits per heavy atom. The molecule has 0 spiro atoms. The van der Waals surface area contributed by atoms with Crippen LogP contribution < -0.4 is 11.1 Å². The van der Waals surface area contributed by atoms with Gasteiger partial charge in [0.15, 0.2) is 11.6 Å². The molecule has 2 rings (SSSR count). The molecule has 0 saturated heterocycles. The second-order valence-corrected chi connectivity index (χ2v) is 4.30. The summed E-state index contributed by atoms with van der Waals surface area (Å²) in [5, 5.41) is 6.40. The van der Waals surface area contributed by atoms with E-state index < -0.39 is 17.5 Å². The molecule has 0 fully saturated rings. The highest BCUT2D eigenvalue weighted by Gasteiger charge is 2.19. The zero-order chi connectivity index (χ0) is 14.9. The molecule has 0 aliphatic carbocycles. The van der Waals surface area contributed by atoms with Crippen LogP contribution in [-0.4, -0.2) is 15.7 Å². The molecule has 7 heteroatoms. The first-order valence-corrected chi connectivity index (χ1v) is 6.01. The van der Waals surface area contributed by atoms with Gasteiger partial charge in [0.2, 0.25) is 0 Å². The van der Waals surface area contributed by atoms with E-state index in [1.165, 1.54) is 16.9 Å². The number of hydrogen-bond acceptors (Lipinski definition) is 3. The van der Waals surface area contributed by atoms with Gasteiger partial charge in [-0.05, 0) is 18.6 Å². The van der Waals surface area contributed by atoms with E-state index in [4.69, 9.17) is 5.73 Å². The van der Waals surface area contributed by atoms with Crippen molar-refractivity contribution in [1.82, 2.24) is 9.78 Å². The summed E-state index contributed by atoms with van der Waals surface area (Å²) in [5.41, 5.74) is 6.02. The first-order chi connectivity index (χ1) is 9.43. The summed E-state index contributed by atoms with van der Waals surface area (Å²) < 4.78 is 28.3. The van der Waals surface area contributed by atoms with E-state index in [2.05, 4.69) is 10.4 Å². The minimum atomic E-state index is -1.18. The van der Waals surface area contributed by atoms with E-state index in [1.54, 1.807) is 7.05 Å². The lowest BCUT2D eigenvalue weighted by Crippen LogP contribution is -2.16. The number of carbonyl (C=O) groups is 1. The van der Waals surface area contributed by atoms with Crippen LogP contribution in [0.4, 0.5) is 20.2 Å². The summed E-state index contributed by atoms with van der Waals surface area (Å²) in [4.78, 5) is 12.1. The van der Waals surface area contributed by atoms with Crippen molar-refractivity contribution < 1.29 is 13.6 Å². The second-order valence-electron chi connectivity index (χ2n) is 4.30. The van der Waals surface area contributed by atoms with E-state index >= 15 is 0 Å². The number of aromatic nitrogens is 2. The molecule has 0 aliphatic heterocycles. The highest BCUT2D eigenvalue weighted by molar-refractivity contribution is 6.06. The van der Waals surface area contributed by atoms with E-state index in [0.717, 1.165) is 6.07 Å². The molecule has 106 valence electrons. The molecule has 1 aromatic carbocycles. The fourth-order valence-electron chi connectivity index (χ4n) is 1.86. The summed E-state index contributed by atoms with van der Waals surface area (Å²) in [5.74, 6) is -2.83. The highest BCUT2D eigenvalue weighted by atomic mass is 19.2. The maximum Gasteiger partial charge on any atom is 0.259 e. The number of nitrogens with two attached hydrogens (primary N) is 1. The Bertz CT molecular complexity index is 667. The molecule has 1 amide bonds. The summed E-state index contributed by atoms with van der Waals surface area (Å²) in [6.07, 6.45) is 2.06. The Labute approximate surface area is 114 Å². The minimum Gasteiger partial charge on any atom is -0.397 e. The third kappa shape index (κ3) is 2.47. The first kappa shape index (κ1) is 14.0. The Morgan fingerprint density at radius 2 is 2.15 bits per heavy atom. The van der Waals surface area contributed by atoms with Crippen LogP contribution in [0.15, 0.2) is 18.3 Å². The minimum absolute atomic E-state index is 0.0424. The van der Waals surface area contributed by atoms with Crippen molar-refractivity contribution >= 4 is 17.3 Å². The number of carbonyl (C=O) groups excluding carboxylic acids is 1. The van der Waals surface area contributed by atoms with Crippen LogP contribution in [-0.2, 0) is 13.5 Å². The van der Waals surface area contributed by atoms with Gasteiger partial charge in [0.1, 0.15) is 5.69 Å². The molecule has 0 saturated carbocycles. The highest BCUT2D eigenvalue weighted by Crippen LogP contribution is 2.25. The largest absolute Gasteiger partial charge is 0.397 e. The number of nitrogen functional groups attached to an aromatic ring is 1. The van der Waals surface area contributed by atoms with E-state index in [-0.39, 0.29) is 11.4 Å². The van der Waals surface area contributed by atoms with Gasteiger partial charge in [-0.1, -0.05) is 6.92 Å². The summed E-state index contributed by atoms with van der Waals surface area (Å²) in [6, 6.07) is 2.10. The van der Waals surface area contributed by atoms with E-state index in [0.29, 0.717) is 17.7 Å². The SMILES string of the molecule is CCc1nn(C)cc1C(=O)Nc1c(N)ccc(F)c1F. The normalized spacial score (nSPS) is 10.6. The Morgan fingerprint density at radius 3 is 2.80 bits per heavy atom. The van der Waals surface area contributed by atoms with Crippen LogP contribution in [0.5, 0.6) is 0 Å². The molecule has 0 bridgehead atoms.